The standard InChI is InChI=1S/C18H32N2O3/c1-3-4-5-6-7-8-9-10-11-12-13-20(15(2)21)16-14-17(22)19-18(16)23/h16H,3-14H2,1-2H3,(H,19,22,23). The third kappa shape index (κ3) is 7.62. The highest BCUT2D eigenvalue weighted by atomic mass is 16.2. The average Bonchev–Trinajstić information content (AvgIpc) is 2.83. The van der Waals surface area contributed by atoms with Gasteiger partial charge in [-0.05, 0) is 6.42 Å². The lowest BCUT2D eigenvalue weighted by molar-refractivity contribution is -0.137. The van der Waals surface area contributed by atoms with Crippen molar-refractivity contribution in [2.45, 2.75) is 90.5 Å². The molecular formula is C18H32N2O3. The minimum absolute atomic E-state index is 0.107. The normalized spacial score (nSPS) is 17.4. The summed E-state index contributed by atoms with van der Waals surface area (Å²) in [5.41, 5.74) is 0. The molecule has 0 aromatic rings. The number of carbonyl (C=O) groups excluding carboxylic acids is 3. The number of carbonyl (C=O) groups is 3. The van der Waals surface area contributed by atoms with Gasteiger partial charge in [0.2, 0.25) is 17.7 Å². The number of hydrogen-bond donors (Lipinski definition) is 1. The van der Waals surface area contributed by atoms with Crippen molar-refractivity contribution >= 4 is 17.7 Å². The highest BCUT2D eigenvalue weighted by Crippen LogP contribution is 2.14. The molecule has 0 radical (unpaired) electrons. The third-order valence-electron chi connectivity index (χ3n) is 4.48. The highest BCUT2D eigenvalue weighted by molar-refractivity contribution is 6.06. The SMILES string of the molecule is CCCCCCCCCCCCN(C(C)=O)C1CC(=O)NC1=O. The van der Waals surface area contributed by atoms with Crippen molar-refractivity contribution in [2.75, 3.05) is 6.54 Å². The first-order valence-electron chi connectivity index (χ1n) is 9.17. The molecule has 1 unspecified atom stereocenters. The Bertz CT molecular complexity index is 396. The van der Waals surface area contributed by atoms with Gasteiger partial charge in [-0.25, -0.2) is 0 Å². The Morgan fingerprint density at radius 3 is 1.96 bits per heavy atom. The molecule has 1 N–H and O–H groups in total. The summed E-state index contributed by atoms with van der Waals surface area (Å²) in [5, 5.41) is 2.27. The molecule has 0 aromatic heterocycles. The zero-order chi connectivity index (χ0) is 17.1. The predicted molar refractivity (Wildman–Crippen MR) is 90.8 cm³/mol. The molecular weight excluding hydrogens is 292 g/mol. The van der Waals surface area contributed by atoms with Crippen molar-refractivity contribution in [3.8, 4) is 0 Å². The summed E-state index contributed by atoms with van der Waals surface area (Å²) in [6, 6.07) is -0.599. The van der Waals surface area contributed by atoms with E-state index in [9.17, 15) is 14.4 Å². The topological polar surface area (TPSA) is 66.5 Å². The van der Waals surface area contributed by atoms with E-state index in [1.165, 1.54) is 58.3 Å². The molecule has 1 aliphatic heterocycles. The van der Waals surface area contributed by atoms with E-state index in [1.54, 1.807) is 4.90 Å². The Labute approximate surface area is 140 Å². The largest absolute Gasteiger partial charge is 0.330 e. The number of nitrogens with one attached hydrogen (secondary N) is 1. The van der Waals surface area contributed by atoms with Crippen molar-refractivity contribution < 1.29 is 14.4 Å². The summed E-state index contributed by atoms with van der Waals surface area (Å²) >= 11 is 0. The lowest BCUT2D eigenvalue weighted by atomic mass is 10.1. The van der Waals surface area contributed by atoms with Crippen LogP contribution < -0.4 is 5.32 Å². The maximum Gasteiger partial charge on any atom is 0.249 e. The number of imide groups is 1. The molecule has 132 valence electrons. The van der Waals surface area contributed by atoms with Crippen LogP contribution in [0.1, 0.15) is 84.5 Å². The molecule has 1 aliphatic rings. The van der Waals surface area contributed by atoms with Gasteiger partial charge in [-0.15, -0.1) is 0 Å². The molecule has 1 atom stereocenters. The molecule has 0 spiro atoms. The Hall–Kier alpha value is -1.39. The smallest absolute Gasteiger partial charge is 0.249 e. The van der Waals surface area contributed by atoms with Gasteiger partial charge in [0.05, 0.1) is 6.42 Å². The Balaban J connectivity index is 2.11. The van der Waals surface area contributed by atoms with Crippen molar-refractivity contribution in [1.82, 2.24) is 10.2 Å². The van der Waals surface area contributed by atoms with Crippen LogP contribution in [0.5, 0.6) is 0 Å². The number of amides is 3. The third-order valence-corrected chi connectivity index (χ3v) is 4.48. The van der Waals surface area contributed by atoms with Gasteiger partial charge in [-0.2, -0.15) is 0 Å². The van der Waals surface area contributed by atoms with Crippen LogP contribution in [0.25, 0.3) is 0 Å². The van der Waals surface area contributed by atoms with E-state index < -0.39 is 6.04 Å². The Kier molecular flexibility index (Phi) is 9.57. The van der Waals surface area contributed by atoms with E-state index in [1.807, 2.05) is 0 Å². The zero-order valence-corrected chi connectivity index (χ0v) is 14.7. The Morgan fingerprint density at radius 1 is 1.00 bits per heavy atom. The fraction of sp³-hybridized carbons (Fsp3) is 0.833. The van der Waals surface area contributed by atoms with E-state index in [0.29, 0.717) is 6.54 Å². The molecule has 1 fully saturated rings. The van der Waals surface area contributed by atoms with Crippen molar-refractivity contribution in [2.24, 2.45) is 0 Å². The van der Waals surface area contributed by atoms with E-state index in [-0.39, 0.29) is 24.1 Å². The number of nitrogens with zero attached hydrogens (tertiary/aromatic N) is 1. The van der Waals surface area contributed by atoms with Crippen LogP contribution in [0.4, 0.5) is 0 Å². The monoisotopic (exact) mass is 324 g/mol. The lowest BCUT2D eigenvalue weighted by Gasteiger charge is -2.25. The molecule has 5 heteroatoms. The van der Waals surface area contributed by atoms with Gasteiger partial charge in [0.1, 0.15) is 6.04 Å². The van der Waals surface area contributed by atoms with E-state index in [0.717, 1.165) is 12.8 Å². The van der Waals surface area contributed by atoms with Gasteiger partial charge in [-0.1, -0.05) is 64.7 Å². The molecule has 1 heterocycles. The summed E-state index contributed by atoms with van der Waals surface area (Å²) in [6.07, 6.45) is 12.4. The first kappa shape index (κ1) is 19.7. The number of hydrogen-bond acceptors (Lipinski definition) is 3. The van der Waals surface area contributed by atoms with Crippen LogP contribution in [0.2, 0.25) is 0 Å². The van der Waals surface area contributed by atoms with Crippen LogP contribution in [-0.4, -0.2) is 35.2 Å². The second-order valence-corrected chi connectivity index (χ2v) is 6.53. The summed E-state index contributed by atoms with van der Waals surface area (Å²) < 4.78 is 0. The van der Waals surface area contributed by atoms with Gasteiger partial charge < -0.3 is 4.90 Å². The van der Waals surface area contributed by atoms with Crippen LogP contribution in [0.15, 0.2) is 0 Å². The fourth-order valence-corrected chi connectivity index (χ4v) is 3.09. The molecule has 0 aliphatic carbocycles. The molecule has 0 aromatic carbocycles. The fourth-order valence-electron chi connectivity index (χ4n) is 3.09. The second kappa shape index (κ2) is 11.2. The molecule has 0 saturated carbocycles. The lowest BCUT2D eigenvalue weighted by Crippen LogP contribution is -2.43. The van der Waals surface area contributed by atoms with Gasteiger partial charge in [-0.3, -0.25) is 19.7 Å². The first-order chi connectivity index (χ1) is 11.1. The van der Waals surface area contributed by atoms with Crippen molar-refractivity contribution in [3.05, 3.63) is 0 Å². The molecule has 23 heavy (non-hydrogen) atoms. The predicted octanol–water partition coefficient (Wildman–Crippen LogP) is 3.17. The van der Waals surface area contributed by atoms with Gasteiger partial charge >= 0.3 is 0 Å². The molecule has 3 amide bonds. The maximum atomic E-state index is 11.7. The first-order valence-corrected chi connectivity index (χ1v) is 9.17. The van der Waals surface area contributed by atoms with Crippen molar-refractivity contribution in [1.29, 1.82) is 0 Å². The number of unbranched alkanes of at least 4 members (excludes halogenated alkanes) is 9. The van der Waals surface area contributed by atoms with Gasteiger partial charge in [0.25, 0.3) is 0 Å². The number of rotatable bonds is 12. The van der Waals surface area contributed by atoms with Crippen molar-refractivity contribution in [3.63, 3.8) is 0 Å². The van der Waals surface area contributed by atoms with Crippen LogP contribution in [0, 0.1) is 0 Å². The molecule has 1 rings (SSSR count). The quantitative estimate of drug-likeness (QED) is 0.443. The molecule has 1 saturated heterocycles. The Morgan fingerprint density at radius 2 is 1.52 bits per heavy atom. The summed E-state index contributed by atoms with van der Waals surface area (Å²) in [4.78, 5) is 36.2. The molecule has 5 nitrogen and oxygen atoms in total. The van der Waals surface area contributed by atoms with E-state index in [4.69, 9.17) is 0 Å². The van der Waals surface area contributed by atoms with Crippen LogP contribution >= 0.6 is 0 Å². The zero-order valence-electron chi connectivity index (χ0n) is 14.7. The molecule has 0 bridgehead atoms. The highest BCUT2D eigenvalue weighted by Gasteiger charge is 2.36. The summed E-state index contributed by atoms with van der Waals surface area (Å²) in [7, 11) is 0. The summed E-state index contributed by atoms with van der Waals surface area (Å²) in [5.74, 6) is -0.748. The van der Waals surface area contributed by atoms with E-state index >= 15 is 0 Å². The van der Waals surface area contributed by atoms with Gasteiger partial charge in [0, 0.05) is 13.5 Å². The minimum atomic E-state index is -0.599. The van der Waals surface area contributed by atoms with Crippen LogP contribution in [-0.2, 0) is 14.4 Å². The summed E-state index contributed by atoms with van der Waals surface area (Å²) in [6.45, 7) is 4.26. The second-order valence-electron chi connectivity index (χ2n) is 6.53. The minimum Gasteiger partial charge on any atom is -0.330 e. The van der Waals surface area contributed by atoms with Gasteiger partial charge in [0.15, 0.2) is 0 Å². The van der Waals surface area contributed by atoms with Crippen LogP contribution in [0.3, 0.4) is 0 Å². The maximum absolute atomic E-state index is 11.7. The average molecular weight is 324 g/mol. The van der Waals surface area contributed by atoms with E-state index in [2.05, 4.69) is 12.2 Å².